The molecule has 1 saturated heterocycles. The van der Waals surface area contributed by atoms with Gasteiger partial charge < -0.3 is 24.5 Å². The van der Waals surface area contributed by atoms with Crippen molar-refractivity contribution in [3.05, 3.63) is 29.3 Å². The number of amides is 3. The van der Waals surface area contributed by atoms with Crippen LogP contribution in [0.25, 0.3) is 0 Å². The minimum Gasteiger partial charge on any atom is -0.465 e. The van der Waals surface area contributed by atoms with E-state index < -0.39 is 11.5 Å². The number of nitrogens with zero attached hydrogens (tertiary/aromatic N) is 3. The second kappa shape index (κ2) is 11.0. The Labute approximate surface area is 221 Å². The maximum absolute atomic E-state index is 14.1. The number of methoxy groups -OCH3 is 1. The standard InChI is InChI=1S/C29H45N3O5/c1-19(2)32(22-12-11-16-31(27(35)36)24(22)28(3,4)5)25(33)20-13-14-21-23(18-20)30(15-9-10-17-37-8)26(34)29(21,6)7/h13-14,18-19,22,24H,9-12,15-17H2,1-8H3,(H,35,36)/t22-,24?/m1/s1. The van der Waals surface area contributed by atoms with Gasteiger partial charge in [-0.25, -0.2) is 4.79 Å². The van der Waals surface area contributed by atoms with Gasteiger partial charge in [-0.2, -0.15) is 0 Å². The van der Waals surface area contributed by atoms with Crippen LogP contribution in [0.1, 0.15) is 90.1 Å². The number of benzene rings is 1. The summed E-state index contributed by atoms with van der Waals surface area (Å²) >= 11 is 0. The van der Waals surface area contributed by atoms with Crippen LogP contribution in [0.4, 0.5) is 10.5 Å². The van der Waals surface area contributed by atoms with Gasteiger partial charge in [0.2, 0.25) is 5.91 Å². The first-order valence-corrected chi connectivity index (χ1v) is 13.5. The number of hydrogen-bond donors (Lipinski definition) is 1. The minimum absolute atomic E-state index is 0.0439. The van der Waals surface area contributed by atoms with Crippen molar-refractivity contribution in [2.75, 3.05) is 31.7 Å². The average Bonchev–Trinajstić information content (AvgIpc) is 3.00. The summed E-state index contributed by atoms with van der Waals surface area (Å²) < 4.78 is 5.16. The summed E-state index contributed by atoms with van der Waals surface area (Å²) in [7, 11) is 1.67. The lowest BCUT2D eigenvalue weighted by molar-refractivity contribution is -0.122. The highest BCUT2D eigenvalue weighted by Gasteiger charge is 2.47. The molecule has 1 N–H and O–H groups in total. The molecular weight excluding hydrogens is 470 g/mol. The van der Waals surface area contributed by atoms with Crippen LogP contribution in [0.3, 0.4) is 0 Å². The SMILES string of the molecule is COCCCCN1C(=O)C(C)(C)c2ccc(C(=O)N(C(C)C)[C@@H]3CCCN(C(=O)O)C3C(C)(C)C)cc21. The second-order valence-corrected chi connectivity index (χ2v) is 12.3. The van der Waals surface area contributed by atoms with Crippen LogP contribution in [-0.2, 0) is 14.9 Å². The van der Waals surface area contributed by atoms with E-state index in [1.807, 2.05) is 76.5 Å². The van der Waals surface area contributed by atoms with E-state index in [4.69, 9.17) is 4.74 Å². The van der Waals surface area contributed by atoms with Crippen LogP contribution in [0.5, 0.6) is 0 Å². The van der Waals surface area contributed by atoms with Gasteiger partial charge in [0.1, 0.15) is 0 Å². The third-order valence-corrected chi connectivity index (χ3v) is 7.85. The Kier molecular flexibility index (Phi) is 8.62. The quantitative estimate of drug-likeness (QED) is 0.484. The van der Waals surface area contributed by atoms with Crippen molar-refractivity contribution in [3.63, 3.8) is 0 Å². The first-order valence-electron chi connectivity index (χ1n) is 13.5. The van der Waals surface area contributed by atoms with Gasteiger partial charge >= 0.3 is 6.09 Å². The van der Waals surface area contributed by atoms with Gasteiger partial charge in [-0.3, -0.25) is 9.59 Å². The number of hydrogen-bond acceptors (Lipinski definition) is 4. The van der Waals surface area contributed by atoms with E-state index >= 15 is 0 Å². The van der Waals surface area contributed by atoms with Gasteiger partial charge in [-0.05, 0) is 76.5 Å². The van der Waals surface area contributed by atoms with Gasteiger partial charge in [0.15, 0.2) is 0 Å². The Bertz CT molecular complexity index is 1010. The molecule has 0 aromatic heterocycles. The summed E-state index contributed by atoms with van der Waals surface area (Å²) in [5, 5.41) is 9.96. The monoisotopic (exact) mass is 515 g/mol. The Balaban J connectivity index is 1.99. The molecule has 1 fully saturated rings. The fraction of sp³-hybridized carbons (Fsp3) is 0.690. The normalized spacial score (nSPS) is 21.4. The van der Waals surface area contributed by atoms with Crippen molar-refractivity contribution < 1.29 is 24.2 Å². The van der Waals surface area contributed by atoms with E-state index in [-0.39, 0.29) is 35.4 Å². The zero-order chi connectivity index (χ0) is 27.7. The van der Waals surface area contributed by atoms with E-state index in [1.54, 1.807) is 7.11 Å². The maximum Gasteiger partial charge on any atom is 0.407 e. The van der Waals surface area contributed by atoms with Crippen molar-refractivity contribution in [2.45, 2.75) is 97.7 Å². The van der Waals surface area contributed by atoms with Gasteiger partial charge in [0.25, 0.3) is 5.91 Å². The number of carbonyl (C=O) groups excluding carboxylic acids is 2. The molecule has 206 valence electrons. The summed E-state index contributed by atoms with van der Waals surface area (Å²) in [5.41, 5.74) is 1.26. The molecule has 2 heterocycles. The first kappa shape index (κ1) is 29.0. The molecule has 0 radical (unpaired) electrons. The summed E-state index contributed by atoms with van der Waals surface area (Å²) in [5.74, 6) is -0.0804. The zero-order valence-corrected chi connectivity index (χ0v) is 23.8. The second-order valence-electron chi connectivity index (χ2n) is 12.3. The summed E-state index contributed by atoms with van der Waals surface area (Å²) in [6.07, 6.45) is 2.18. The van der Waals surface area contributed by atoms with Gasteiger partial charge in [0, 0.05) is 44.1 Å². The van der Waals surface area contributed by atoms with Crippen LogP contribution in [0.2, 0.25) is 0 Å². The fourth-order valence-corrected chi connectivity index (χ4v) is 6.16. The molecule has 0 aliphatic carbocycles. The Morgan fingerprint density at radius 2 is 1.89 bits per heavy atom. The molecule has 2 aliphatic rings. The molecule has 8 nitrogen and oxygen atoms in total. The molecule has 8 heteroatoms. The van der Waals surface area contributed by atoms with Crippen molar-refractivity contribution in [1.82, 2.24) is 9.80 Å². The molecule has 3 rings (SSSR count). The van der Waals surface area contributed by atoms with Crippen LogP contribution in [0, 0.1) is 5.41 Å². The number of anilines is 1. The molecule has 2 atom stereocenters. The highest BCUT2D eigenvalue weighted by Crippen LogP contribution is 2.43. The molecule has 37 heavy (non-hydrogen) atoms. The third kappa shape index (κ3) is 5.64. The highest BCUT2D eigenvalue weighted by molar-refractivity contribution is 6.09. The van der Waals surface area contributed by atoms with Crippen LogP contribution in [-0.4, -0.2) is 77.7 Å². The largest absolute Gasteiger partial charge is 0.465 e. The Hall–Kier alpha value is -2.61. The van der Waals surface area contributed by atoms with Crippen molar-refractivity contribution in [3.8, 4) is 0 Å². The number of carbonyl (C=O) groups is 3. The smallest absolute Gasteiger partial charge is 0.407 e. The predicted octanol–water partition coefficient (Wildman–Crippen LogP) is 5.15. The predicted molar refractivity (Wildman–Crippen MR) is 145 cm³/mol. The highest BCUT2D eigenvalue weighted by atomic mass is 16.5. The minimum atomic E-state index is -0.942. The number of ether oxygens (including phenoxy) is 1. The van der Waals surface area contributed by atoms with Gasteiger partial charge in [-0.1, -0.05) is 26.8 Å². The molecule has 1 aromatic rings. The van der Waals surface area contributed by atoms with Crippen molar-refractivity contribution in [2.24, 2.45) is 5.41 Å². The number of likely N-dealkylation sites (tertiary alicyclic amines) is 1. The molecule has 1 aromatic carbocycles. The summed E-state index contributed by atoms with van der Waals surface area (Å²) in [6.45, 7) is 15.7. The lowest BCUT2D eigenvalue weighted by Crippen LogP contribution is -2.63. The molecule has 1 unspecified atom stereocenters. The molecule has 0 bridgehead atoms. The Morgan fingerprint density at radius 3 is 2.46 bits per heavy atom. The average molecular weight is 516 g/mol. The van der Waals surface area contributed by atoms with E-state index in [1.165, 1.54) is 4.90 Å². The number of rotatable bonds is 8. The number of piperidine rings is 1. The van der Waals surface area contributed by atoms with Crippen molar-refractivity contribution >= 4 is 23.6 Å². The maximum atomic E-state index is 14.1. The van der Waals surface area contributed by atoms with E-state index in [0.29, 0.717) is 31.7 Å². The third-order valence-electron chi connectivity index (χ3n) is 7.85. The molecule has 0 spiro atoms. The number of fused-ring (bicyclic) bond motifs is 1. The fourth-order valence-electron chi connectivity index (χ4n) is 6.16. The Morgan fingerprint density at radius 1 is 1.22 bits per heavy atom. The van der Waals surface area contributed by atoms with Gasteiger partial charge in [0.05, 0.1) is 17.5 Å². The summed E-state index contributed by atoms with van der Waals surface area (Å²) in [6, 6.07) is 4.92. The lowest BCUT2D eigenvalue weighted by Gasteiger charge is -2.51. The zero-order valence-electron chi connectivity index (χ0n) is 23.8. The topological polar surface area (TPSA) is 90.4 Å². The van der Waals surface area contributed by atoms with E-state index in [9.17, 15) is 19.5 Å². The first-order chi connectivity index (χ1) is 17.2. The van der Waals surface area contributed by atoms with Gasteiger partial charge in [-0.15, -0.1) is 0 Å². The van der Waals surface area contributed by atoms with E-state index in [2.05, 4.69) is 0 Å². The molecule has 3 amide bonds. The molecule has 0 saturated carbocycles. The lowest BCUT2D eigenvalue weighted by atomic mass is 9.76. The number of carboxylic acid groups (broad SMARTS) is 1. The molecular formula is C29H45N3O5. The summed E-state index contributed by atoms with van der Waals surface area (Å²) in [4.78, 5) is 44.8. The van der Waals surface area contributed by atoms with E-state index in [0.717, 1.165) is 30.5 Å². The number of unbranched alkanes of at least 4 members (excludes halogenated alkanes) is 1. The van der Waals surface area contributed by atoms with Crippen molar-refractivity contribution in [1.29, 1.82) is 0 Å². The van der Waals surface area contributed by atoms with Crippen LogP contribution < -0.4 is 4.90 Å². The molecule has 2 aliphatic heterocycles. The van der Waals surface area contributed by atoms with Crippen LogP contribution in [0.15, 0.2) is 18.2 Å². The van der Waals surface area contributed by atoms with Crippen LogP contribution >= 0.6 is 0 Å².